The molecule has 0 aliphatic carbocycles. The number of amides is 1. The predicted molar refractivity (Wildman–Crippen MR) is 64.1 cm³/mol. The van der Waals surface area contributed by atoms with Crippen molar-refractivity contribution in [1.29, 1.82) is 0 Å². The molecule has 2 aromatic rings. The van der Waals surface area contributed by atoms with E-state index in [-0.39, 0.29) is 5.78 Å². The summed E-state index contributed by atoms with van der Waals surface area (Å²) in [6.45, 7) is 2.48. The summed E-state index contributed by atoms with van der Waals surface area (Å²) in [4.78, 5) is 23.2. The quantitative estimate of drug-likeness (QED) is 0.806. The second-order valence-electron chi connectivity index (χ2n) is 4.47. The molecule has 0 bridgehead atoms. The lowest BCUT2D eigenvalue weighted by atomic mass is 10.00. The van der Waals surface area contributed by atoms with Crippen LogP contribution < -0.4 is 5.73 Å². The summed E-state index contributed by atoms with van der Waals surface area (Å²) in [5.41, 5.74) is 8.42. The largest absolute Gasteiger partial charge is 0.364 e. The van der Waals surface area contributed by atoms with Crippen LogP contribution in [0.4, 0.5) is 0 Å². The van der Waals surface area contributed by atoms with E-state index in [0.717, 1.165) is 16.5 Å². The molecule has 4 heteroatoms. The summed E-state index contributed by atoms with van der Waals surface area (Å²) in [6, 6.07) is 5.62. The van der Waals surface area contributed by atoms with E-state index < -0.39 is 5.91 Å². The zero-order valence-corrected chi connectivity index (χ0v) is 9.49. The van der Waals surface area contributed by atoms with Gasteiger partial charge in [-0.15, -0.1) is 0 Å². The molecule has 0 radical (unpaired) electrons. The molecular formula is C13H12N2O2. The molecule has 1 aliphatic heterocycles. The van der Waals surface area contributed by atoms with Crippen molar-refractivity contribution in [2.24, 2.45) is 5.73 Å². The van der Waals surface area contributed by atoms with Gasteiger partial charge < -0.3 is 10.3 Å². The SMILES string of the molecule is Cc1cc2c3c(c1)cc(C(N)=O)n3CCC2=O. The minimum absolute atomic E-state index is 0.139. The second-order valence-corrected chi connectivity index (χ2v) is 4.47. The van der Waals surface area contributed by atoms with Gasteiger partial charge in [0.2, 0.25) is 0 Å². The zero-order chi connectivity index (χ0) is 12.2. The maximum absolute atomic E-state index is 11.9. The molecule has 86 valence electrons. The third kappa shape index (κ3) is 1.30. The smallest absolute Gasteiger partial charge is 0.265 e. The summed E-state index contributed by atoms with van der Waals surface area (Å²) < 4.78 is 1.86. The Kier molecular flexibility index (Phi) is 1.90. The van der Waals surface area contributed by atoms with Crippen molar-refractivity contribution < 1.29 is 9.59 Å². The van der Waals surface area contributed by atoms with Gasteiger partial charge in [0.15, 0.2) is 5.78 Å². The lowest BCUT2D eigenvalue weighted by Gasteiger charge is -2.16. The Morgan fingerprint density at radius 2 is 2.12 bits per heavy atom. The molecule has 0 fully saturated rings. The number of ketones is 1. The molecule has 2 N–H and O–H groups in total. The van der Waals surface area contributed by atoms with Crippen molar-refractivity contribution in [2.75, 3.05) is 0 Å². The summed E-state index contributed by atoms with van der Waals surface area (Å²) in [5, 5.41) is 0.918. The Morgan fingerprint density at radius 3 is 2.82 bits per heavy atom. The fraction of sp³-hybridized carbons (Fsp3) is 0.231. The molecule has 1 aliphatic rings. The van der Waals surface area contributed by atoms with Crippen molar-refractivity contribution >= 4 is 22.6 Å². The molecule has 1 aromatic heterocycles. The van der Waals surface area contributed by atoms with Crippen LogP contribution in [-0.2, 0) is 6.54 Å². The number of primary amides is 1. The number of aryl methyl sites for hydroxylation is 2. The van der Waals surface area contributed by atoms with Crippen molar-refractivity contribution in [1.82, 2.24) is 4.57 Å². The van der Waals surface area contributed by atoms with Crippen LogP contribution in [0.15, 0.2) is 18.2 Å². The first-order valence-electron chi connectivity index (χ1n) is 5.55. The average Bonchev–Trinajstić information content (AvgIpc) is 2.63. The summed E-state index contributed by atoms with van der Waals surface area (Å²) >= 11 is 0. The number of aromatic nitrogens is 1. The second kappa shape index (κ2) is 3.20. The molecule has 0 saturated heterocycles. The molecule has 1 aromatic carbocycles. The highest BCUT2D eigenvalue weighted by molar-refractivity contribution is 6.11. The van der Waals surface area contributed by atoms with Gasteiger partial charge in [-0.2, -0.15) is 0 Å². The minimum Gasteiger partial charge on any atom is -0.364 e. The average molecular weight is 228 g/mol. The van der Waals surface area contributed by atoms with Gasteiger partial charge in [0.05, 0.1) is 5.52 Å². The summed E-state index contributed by atoms with van der Waals surface area (Å²) in [7, 11) is 0. The van der Waals surface area contributed by atoms with Gasteiger partial charge in [-0.3, -0.25) is 9.59 Å². The van der Waals surface area contributed by atoms with E-state index >= 15 is 0 Å². The summed E-state index contributed by atoms with van der Waals surface area (Å²) in [6.07, 6.45) is 0.431. The predicted octanol–water partition coefficient (Wildman–Crippen LogP) is 1.64. The number of carbonyl (C=O) groups is 2. The number of Topliss-reactive ketones (excluding diaryl/α,β-unsaturated/α-hetero) is 1. The topological polar surface area (TPSA) is 65.1 Å². The minimum atomic E-state index is -0.445. The van der Waals surface area contributed by atoms with E-state index in [1.54, 1.807) is 6.07 Å². The molecule has 1 amide bonds. The van der Waals surface area contributed by atoms with Crippen molar-refractivity contribution in [3.05, 3.63) is 35.0 Å². The summed E-state index contributed by atoms with van der Waals surface area (Å²) in [5.74, 6) is -0.306. The Balaban J connectivity index is 2.47. The lowest BCUT2D eigenvalue weighted by Crippen LogP contribution is -2.21. The van der Waals surface area contributed by atoms with Gasteiger partial charge in [-0.05, 0) is 30.7 Å². The lowest BCUT2D eigenvalue weighted by molar-refractivity contribution is 0.0957. The fourth-order valence-electron chi connectivity index (χ4n) is 2.56. The number of nitrogens with two attached hydrogens (primary N) is 1. The van der Waals surface area contributed by atoms with Crippen LogP contribution in [0.2, 0.25) is 0 Å². The van der Waals surface area contributed by atoms with Gasteiger partial charge in [-0.25, -0.2) is 0 Å². The van der Waals surface area contributed by atoms with Crippen molar-refractivity contribution in [2.45, 2.75) is 19.9 Å². The van der Waals surface area contributed by atoms with E-state index in [1.807, 2.05) is 23.6 Å². The van der Waals surface area contributed by atoms with Crippen LogP contribution in [0.3, 0.4) is 0 Å². The molecule has 2 heterocycles. The maximum Gasteiger partial charge on any atom is 0.265 e. The molecule has 0 unspecified atom stereocenters. The highest BCUT2D eigenvalue weighted by Gasteiger charge is 2.23. The molecule has 17 heavy (non-hydrogen) atoms. The molecule has 0 saturated carbocycles. The first kappa shape index (κ1) is 10.1. The van der Waals surface area contributed by atoms with Crippen LogP contribution in [0.1, 0.15) is 32.8 Å². The Bertz CT molecular complexity index is 668. The Hall–Kier alpha value is -2.10. The maximum atomic E-state index is 11.9. The highest BCUT2D eigenvalue weighted by Crippen LogP contribution is 2.29. The third-order valence-corrected chi connectivity index (χ3v) is 3.25. The number of benzene rings is 1. The number of hydrogen-bond acceptors (Lipinski definition) is 2. The van der Waals surface area contributed by atoms with Gasteiger partial charge in [0.1, 0.15) is 5.69 Å². The van der Waals surface area contributed by atoms with E-state index in [0.29, 0.717) is 24.2 Å². The monoisotopic (exact) mass is 228 g/mol. The number of hydrogen-bond donors (Lipinski definition) is 1. The first-order valence-corrected chi connectivity index (χ1v) is 5.55. The number of rotatable bonds is 1. The zero-order valence-electron chi connectivity index (χ0n) is 9.49. The van der Waals surface area contributed by atoms with Crippen LogP contribution in [0.5, 0.6) is 0 Å². The van der Waals surface area contributed by atoms with Crippen LogP contribution >= 0.6 is 0 Å². The van der Waals surface area contributed by atoms with E-state index in [2.05, 4.69) is 0 Å². The van der Waals surface area contributed by atoms with E-state index in [4.69, 9.17) is 5.73 Å². The van der Waals surface area contributed by atoms with Crippen molar-refractivity contribution in [3.8, 4) is 0 Å². The number of nitrogens with zero attached hydrogens (tertiary/aromatic N) is 1. The molecule has 4 nitrogen and oxygen atoms in total. The van der Waals surface area contributed by atoms with Gasteiger partial charge in [-0.1, -0.05) is 0 Å². The fourth-order valence-corrected chi connectivity index (χ4v) is 2.56. The third-order valence-electron chi connectivity index (χ3n) is 3.25. The molecular weight excluding hydrogens is 216 g/mol. The molecule has 0 atom stereocenters. The normalized spacial score (nSPS) is 14.3. The Labute approximate surface area is 98.0 Å². The van der Waals surface area contributed by atoms with Gasteiger partial charge >= 0.3 is 0 Å². The van der Waals surface area contributed by atoms with E-state index in [9.17, 15) is 9.59 Å². The molecule has 0 spiro atoms. The van der Waals surface area contributed by atoms with Crippen LogP contribution in [0.25, 0.3) is 10.9 Å². The van der Waals surface area contributed by atoms with E-state index in [1.165, 1.54) is 0 Å². The van der Waals surface area contributed by atoms with Gasteiger partial charge in [0, 0.05) is 23.9 Å². The van der Waals surface area contributed by atoms with Crippen molar-refractivity contribution in [3.63, 3.8) is 0 Å². The van der Waals surface area contributed by atoms with Gasteiger partial charge in [0.25, 0.3) is 5.91 Å². The number of carbonyl (C=O) groups excluding carboxylic acids is 2. The van der Waals surface area contributed by atoms with Crippen LogP contribution in [0, 0.1) is 6.92 Å². The first-order chi connectivity index (χ1) is 8.08. The van der Waals surface area contributed by atoms with Crippen LogP contribution in [-0.4, -0.2) is 16.3 Å². The molecule has 3 rings (SSSR count). The Morgan fingerprint density at radius 1 is 1.35 bits per heavy atom. The highest BCUT2D eigenvalue weighted by atomic mass is 16.1. The standard InChI is InChI=1S/C13H12N2O2/c1-7-4-8-6-10(13(14)17)15-3-2-11(16)9(5-7)12(8)15/h4-6H,2-3H2,1H3,(H2,14,17).